The monoisotopic (exact) mass is 1460 g/mol. The Morgan fingerprint density at radius 1 is 0.404 bits per heavy atom. The van der Waals surface area contributed by atoms with Crippen molar-refractivity contribution in [3.63, 3.8) is 0 Å². The highest BCUT2D eigenvalue weighted by atomic mass is 32.1. The topological polar surface area (TPSA) is 169 Å². The van der Waals surface area contributed by atoms with Crippen molar-refractivity contribution in [1.29, 1.82) is 0 Å². The van der Waals surface area contributed by atoms with Gasteiger partial charge in [-0.3, -0.25) is 59.1 Å². The molecule has 15 aromatic rings. The van der Waals surface area contributed by atoms with E-state index >= 15 is 0 Å². The summed E-state index contributed by atoms with van der Waals surface area (Å²) in [5.41, 5.74) is 20.8. The number of pyridine rings is 6. The molecule has 0 bridgehead atoms. The standard InChI is InChI=1S/C20H24N4.C19H19N3.C17H18N4.C17H17N3O.C17H17N3S/c1-22(2)24-18-8-5-4-7-15(18)13-20(24)16-10-11-21-14-17(16)19-9-6-12-23(19)3;1-22-10-4-7-19(22)17-13-20-9-8-16(17)18-11-14-5-2-3-6-15(14)12-21-18;1-21-10-4-7-16(21)13-11-18-9-8-12(13)17-19-14-5-2-3-6-15(14)20-17;2*1-20-10-4-6-15(20)13-11-18-9-8-12(13)17-19-14-5-2-3-7-16(14)21-17/h4-5,7-8,10-11,13-14,19H,6,9,12H2,1-3H3;2-3,5-6,8-9,11-13,19H,4,7,10H2,1H3;2-3,5-6,8-9,11,16H,4,7,10H2,1H3,(H,19,20);2*2-3,5,7-9,11,15H,4,6,10H2,1H3/t2*19-;16-;2*15-/m00000/s1. The lowest BCUT2D eigenvalue weighted by molar-refractivity contribution is 0.317. The largest absolute Gasteiger partial charge is 0.436 e. The van der Waals surface area contributed by atoms with Gasteiger partial charge in [-0.2, -0.15) is 0 Å². The van der Waals surface area contributed by atoms with Gasteiger partial charge >= 0.3 is 0 Å². The summed E-state index contributed by atoms with van der Waals surface area (Å²) in [4.78, 5) is 56.2. The summed E-state index contributed by atoms with van der Waals surface area (Å²) < 4.78 is 9.47. The van der Waals surface area contributed by atoms with Crippen molar-refractivity contribution in [2.24, 2.45) is 0 Å². The number of para-hydroxylation sites is 6. The summed E-state index contributed by atoms with van der Waals surface area (Å²) in [5, 5.41) is 6.94. The molecule has 5 saturated heterocycles. The molecular weight excluding hydrogens is 1370 g/mol. The van der Waals surface area contributed by atoms with Gasteiger partial charge in [0.05, 0.1) is 38.2 Å². The molecule has 5 aliphatic rings. The number of rotatable bonds is 11. The van der Waals surface area contributed by atoms with Crippen molar-refractivity contribution in [3.8, 4) is 55.9 Å². The Morgan fingerprint density at radius 2 is 0.853 bits per heavy atom. The van der Waals surface area contributed by atoms with Crippen LogP contribution in [0.2, 0.25) is 0 Å². The number of aromatic amines is 1. The first-order chi connectivity index (χ1) is 53.5. The van der Waals surface area contributed by atoms with Gasteiger partial charge in [-0.1, -0.05) is 78.9 Å². The van der Waals surface area contributed by atoms with Gasteiger partial charge < -0.3 is 14.4 Å². The van der Waals surface area contributed by atoms with Crippen LogP contribution in [0.25, 0.3) is 110 Å². The molecule has 15 heterocycles. The predicted octanol–water partition coefficient (Wildman–Crippen LogP) is 18.9. The zero-order valence-electron chi connectivity index (χ0n) is 63.4. The number of oxazole rings is 1. The van der Waals surface area contributed by atoms with Gasteiger partial charge in [0.15, 0.2) is 5.58 Å². The van der Waals surface area contributed by atoms with Gasteiger partial charge in [-0.15, -0.1) is 11.3 Å². The first-order valence-corrected chi connectivity index (χ1v) is 39.3. The van der Waals surface area contributed by atoms with Crippen LogP contribution in [-0.2, 0) is 0 Å². The second kappa shape index (κ2) is 33.0. The lowest BCUT2D eigenvalue weighted by atomic mass is 9.97. The number of nitrogens with one attached hydrogen (secondary N) is 1. The number of hydrogen-bond acceptors (Lipinski definition) is 17. The van der Waals surface area contributed by atoms with Crippen LogP contribution in [0.3, 0.4) is 0 Å². The number of fused-ring (bicyclic) bond motifs is 5. The van der Waals surface area contributed by atoms with Crippen molar-refractivity contribution in [2.45, 2.75) is 94.4 Å². The van der Waals surface area contributed by atoms with Crippen LogP contribution in [0, 0.1) is 0 Å². The Morgan fingerprint density at radius 3 is 1.40 bits per heavy atom. The minimum Gasteiger partial charge on any atom is -0.436 e. The van der Waals surface area contributed by atoms with E-state index in [9.17, 15) is 0 Å². The molecule has 5 aliphatic heterocycles. The highest BCUT2D eigenvalue weighted by molar-refractivity contribution is 7.21. The predicted molar refractivity (Wildman–Crippen MR) is 443 cm³/mol. The molecule has 5 aromatic carbocycles. The number of likely N-dealkylation sites (tertiary alicyclic amines) is 5. The zero-order valence-corrected chi connectivity index (χ0v) is 64.2. The fourth-order valence-electron chi connectivity index (χ4n) is 17.0. The van der Waals surface area contributed by atoms with Crippen LogP contribution >= 0.6 is 11.3 Å². The van der Waals surface area contributed by atoms with E-state index in [1.165, 1.54) is 146 Å². The van der Waals surface area contributed by atoms with Crippen molar-refractivity contribution in [2.75, 3.05) is 87.1 Å². The summed E-state index contributed by atoms with van der Waals surface area (Å²) in [6, 6.07) is 58.5. The summed E-state index contributed by atoms with van der Waals surface area (Å²) in [6.45, 7) is 5.77. The van der Waals surface area contributed by atoms with Crippen LogP contribution in [-0.4, -0.2) is 161 Å². The lowest BCUT2D eigenvalue weighted by Gasteiger charge is -2.25. The first kappa shape index (κ1) is 72.4. The molecule has 5 atom stereocenters. The number of thiazole rings is 1. The maximum Gasteiger partial charge on any atom is 0.227 e. The molecule has 0 amide bonds. The maximum atomic E-state index is 5.93. The van der Waals surface area contributed by atoms with Crippen LogP contribution in [0.15, 0.2) is 236 Å². The molecule has 0 radical (unpaired) electrons. The first-order valence-electron chi connectivity index (χ1n) is 38.5. The van der Waals surface area contributed by atoms with Gasteiger partial charge in [-0.25, -0.2) is 15.0 Å². The van der Waals surface area contributed by atoms with Crippen LogP contribution in [0.5, 0.6) is 0 Å². The average molecular weight is 1460 g/mol. The van der Waals surface area contributed by atoms with Crippen molar-refractivity contribution < 1.29 is 4.42 Å². The van der Waals surface area contributed by atoms with Gasteiger partial charge in [0.25, 0.3) is 0 Å². The van der Waals surface area contributed by atoms with E-state index in [2.05, 4.69) is 239 Å². The van der Waals surface area contributed by atoms with Gasteiger partial charge in [0.1, 0.15) is 16.3 Å². The molecule has 0 unspecified atom stereocenters. The molecule has 19 heteroatoms. The van der Waals surface area contributed by atoms with E-state index in [1.54, 1.807) is 11.3 Å². The van der Waals surface area contributed by atoms with Gasteiger partial charge in [0.2, 0.25) is 5.89 Å². The second-order valence-electron chi connectivity index (χ2n) is 29.7. The Balaban J connectivity index is 0.000000104. The molecule has 0 spiro atoms. The Bertz CT molecular complexity index is 5190. The van der Waals surface area contributed by atoms with Crippen LogP contribution in [0.4, 0.5) is 0 Å². The quantitative estimate of drug-likeness (QED) is 0.130. The molecule has 5 fully saturated rings. The number of H-pyrrole nitrogens is 1. The third-order valence-electron chi connectivity index (χ3n) is 22.6. The lowest BCUT2D eigenvalue weighted by Crippen LogP contribution is -2.26. The Labute approximate surface area is 642 Å². The normalized spacial score (nSPS) is 19.1. The van der Waals surface area contributed by atoms with E-state index in [0.29, 0.717) is 36.1 Å². The summed E-state index contributed by atoms with van der Waals surface area (Å²) in [5.74, 6) is 1.63. The molecule has 18 nitrogen and oxygen atoms in total. The minimum absolute atomic E-state index is 0.406. The van der Waals surface area contributed by atoms with Crippen molar-refractivity contribution in [3.05, 3.63) is 260 Å². The molecule has 1 N–H and O–H groups in total. The molecule has 552 valence electrons. The van der Waals surface area contributed by atoms with Crippen molar-refractivity contribution >= 4 is 65.4 Å². The zero-order chi connectivity index (χ0) is 74.3. The van der Waals surface area contributed by atoms with Crippen LogP contribution in [0.1, 0.15) is 122 Å². The van der Waals surface area contributed by atoms with E-state index in [4.69, 9.17) is 14.4 Å². The number of hydrogen-bond donors (Lipinski definition) is 1. The number of nitrogens with zero attached hydrogens (tertiary/aromatic N) is 16. The molecule has 0 saturated carbocycles. The molecule has 20 rings (SSSR count). The number of aromatic nitrogens is 11. The average Bonchev–Trinajstić information content (AvgIpc) is 1.65. The Kier molecular flexibility index (Phi) is 21.9. The number of benzene rings is 5. The minimum atomic E-state index is 0.406. The molecule has 10 aromatic heterocycles. The SMILES string of the molecule is CN1CCC[C@H]1c1cnccc1-c1cc2ccccc2cn1.CN1CCC[C@H]1c1cnccc1-c1cc2ccccc2n1N(C)C.CN1CCC[C@H]1c1cnccc1-c1nc2ccccc2[nH]1.CN1CCC[C@H]1c1cnccc1-c1nc2ccccc2o1.CN1CCC[C@H]1c1cnccc1-c1nc2ccccc2s1. The highest BCUT2D eigenvalue weighted by Crippen LogP contribution is 2.43. The third-order valence-corrected chi connectivity index (χ3v) is 23.7. The van der Waals surface area contributed by atoms with E-state index in [1.807, 2.05) is 117 Å². The summed E-state index contributed by atoms with van der Waals surface area (Å²) in [6.07, 6.45) is 33.5. The second-order valence-corrected chi connectivity index (χ2v) is 30.8. The van der Waals surface area contributed by atoms with E-state index < -0.39 is 0 Å². The fourth-order valence-corrected chi connectivity index (χ4v) is 18.0. The summed E-state index contributed by atoms with van der Waals surface area (Å²) in [7, 11) is 15.2. The highest BCUT2D eigenvalue weighted by Gasteiger charge is 2.32. The Hall–Kier alpha value is -10.8. The molecular formula is C90H95N17OS. The maximum absolute atomic E-state index is 5.93. The van der Waals surface area contributed by atoms with Crippen molar-refractivity contribution in [1.82, 2.24) is 79.0 Å². The van der Waals surface area contributed by atoms with Gasteiger partial charge in [0, 0.05) is 157 Å². The van der Waals surface area contributed by atoms with E-state index in [-0.39, 0.29) is 0 Å². The number of imidazole rings is 1. The third kappa shape index (κ3) is 15.5. The van der Waals surface area contributed by atoms with Crippen LogP contribution < -0.4 is 5.01 Å². The van der Waals surface area contributed by atoms with Gasteiger partial charge in [-0.05, 0) is 245 Å². The summed E-state index contributed by atoms with van der Waals surface area (Å²) >= 11 is 1.77. The van der Waals surface area contributed by atoms with E-state index in [0.717, 1.165) is 82.3 Å². The molecule has 109 heavy (non-hydrogen) atoms. The molecule has 0 aliphatic carbocycles. The smallest absolute Gasteiger partial charge is 0.227 e. The fraction of sp³-hybridized carbons (Fsp3) is 0.300.